The number of carbonyl (C=O) groups excluding carboxylic acids is 2. The van der Waals surface area contributed by atoms with Gasteiger partial charge in [-0.25, -0.2) is 5.43 Å². The van der Waals surface area contributed by atoms with Crippen LogP contribution in [0.5, 0.6) is 0 Å². The highest BCUT2D eigenvalue weighted by Gasteiger charge is 2.05. The number of halogens is 1. The fourth-order valence-corrected chi connectivity index (χ4v) is 0.980. The van der Waals surface area contributed by atoms with E-state index >= 15 is 0 Å². The molecule has 3 N–H and O–H groups in total. The van der Waals surface area contributed by atoms with Gasteiger partial charge < -0.3 is 5.73 Å². The summed E-state index contributed by atoms with van der Waals surface area (Å²) in [6.07, 6.45) is 1.32. The summed E-state index contributed by atoms with van der Waals surface area (Å²) in [5.74, 6) is -2.07. The Morgan fingerprint density at radius 2 is 2.07 bits per heavy atom. The van der Waals surface area contributed by atoms with Gasteiger partial charge in [0.15, 0.2) is 0 Å². The molecule has 0 radical (unpaired) electrons. The third-order valence-corrected chi connectivity index (χ3v) is 1.84. The Morgan fingerprint density at radius 3 is 2.67 bits per heavy atom. The molecule has 0 unspecified atom stereocenters. The van der Waals surface area contributed by atoms with E-state index in [1.54, 1.807) is 24.3 Å². The Bertz CT molecular complexity index is 418. The minimum Gasteiger partial charge on any atom is -0.361 e. The Labute approximate surface area is 90.9 Å². The van der Waals surface area contributed by atoms with E-state index in [2.05, 4.69) is 5.10 Å². The molecule has 1 rings (SSSR count). The van der Waals surface area contributed by atoms with Crippen molar-refractivity contribution in [3.63, 3.8) is 0 Å². The molecule has 0 saturated carbocycles. The SMILES string of the molecule is NC(=O)C(=O)NN=Cc1ccccc1Cl. The van der Waals surface area contributed by atoms with Crippen molar-refractivity contribution in [2.75, 3.05) is 0 Å². The molecule has 1 aromatic rings. The first-order valence-electron chi connectivity index (χ1n) is 3.98. The zero-order valence-corrected chi connectivity index (χ0v) is 8.36. The van der Waals surface area contributed by atoms with Gasteiger partial charge in [0.05, 0.1) is 6.21 Å². The molecule has 0 aromatic heterocycles. The molecule has 15 heavy (non-hydrogen) atoms. The van der Waals surface area contributed by atoms with Gasteiger partial charge in [0.25, 0.3) is 0 Å². The van der Waals surface area contributed by atoms with E-state index in [1.807, 2.05) is 5.43 Å². The highest BCUT2D eigenvalue weighted by Crippen LogP contribution is 2.11. The molecule has 6 heteroatoms. The van der Waals surface area contributed by atoms with Crippen molar-refractivity contribution >= 4 is 29.6 Å². The number of hydrogen-bond acceptors (Lipinski definition) is 3. The van der Waals surface area contributed by atoms with Crippen molar-refractivity contribution in [1.82, 2.24) is 5.43 Å². The molecule has 0 fully saturated rings. The van der Waals surface area contributed by atoms with Crippen LogP contribution >= 0.6 is 11.6 Å². The molecule has 0 heterocycles. The Balaban J connectivity index is 2.63. The predicted molar refractivity (Wildman–Crippen MR) is 56.4 cm³/mol. The molecular weight excluding hydrogens is 218 g/mol. The van der Waals surface area contributed by atoms with Crippen LogP contribution in [0.3, 0.4) is 0 Å². The van der Waals surface area contributed by atoms with Gasteiger partial charge in [-0.05, 0) is 6.07 Å². The molecule has 0 bridgehead atoms. The molecular formula is C9H8ClN3O2. The Morgan fingerprint density at radius 1 is 1.40 bits per heavy atom. The average molecular weight is 226 g/mol. The van der Waals surface area contributed by atoms with Gasteiger partial charge in [-0.3, -0.25) is 9.59 Å². The maximum Gasteiger partial charge on any atom is 0.329 e. The van der Waals surface area contributed by atoms with Crippen molar-refractivity contribution in [2.45, 2.75) is 0 Å². The van der Waals surface area contributed by atoms with Gasteiger partial charge in [-0.1, -0.05) is 29.8 Å². The summed E-state index contributed by atoms with van der Waals surface area (Å²) >= 11 is 5.81. The quantitative estimate of drug-likeness (QED) is 0.430. The summed E-state index contributed by atoms with van der Waals surface area (Å²) < 4.78 is 0. The lowest BCUT2D eigenvalue weighted by Crippen LogP contribution is -2.32. The molecule has 0 atom stereocenters. The topological polar surface area (TPSA) is 84.5 Å². The van der Waals surface area contributed by atoms with Gasteiger partial charge in [0.2, 0.25) is 0 Å². The van der Waals surface area contributed by atoms with Gasteiger partial charge in [-0.2, -0.15) is 5.10 Å². The van der Waals surface area contributed by atoms with Gasteiger partial charge in [0, 0.05) is 10.6 Å². The number of hydrogen-bond donors (Lipinski definition) is 2. The predicted octanol–water partition coefficient (Wildman–Crippen LogP) is 0.275. The van der Waals surface area contributed by atoms with E-state index in [0.717, 1.165) is 0 Å². The first-order valence-corrected chi connectivity index (χ1v) is 4.36. The van der Waals surface area contributed by atoms with Gasteiger partial charge >= 0.3 is 11.8 Å². The number of rotatable bonds is 2. The van der Waals surface area contributed by atoms with Crippen LogP contribution in [-0.2, 0) is 9.59 Å². The minimum atomic E-state index is -1.09. The van der Waals surface area contributed by atoms with Crippen molar-refractivity contribution in [3.8, 4) is 0 Å². The zero-order valence-electron chi connectivity index (χ0n) is 7.61. The van der Waals surface area contributed by atoms with Crippen molar-refractivity contribution < 1.29 is 9.59 Å². The number of hydrazone groups is 1. The van der Waals surface area contributed by atoms with Crippen LogP contribution in [0.25, 0.3) is 0 Å². The van der Waals surface area contributed by atoms with Crippen LogP contribution in [0.1, 0.15) is 5.56 Å². The number of primary amides is 1. The summed E-state index contributed by atoms with van der Waals surface area (Å²) in [6, 6.07) is 6.92. The molecule has 5 nitrogen and oxygen atoms in total. The van der Waals surface area contributed by atoms with E-state index in [4.69, 9.17) is 17.3 Å². The monoisotopic (exact) mass is 225 g/mol. The second kappa shape index (κ2) is 5.11. The van der Waals surface area contributed by atoms with Crippen molar-refractivity contribution in [3.05, 3.63) is 34.9 Å². The van der Waals surface area contributed by atoms with Crippen LogP contribution < -0.4 is 11.2 Å². The first-order chi connectivity index (χ1) is 7.11. The largest absolute Gasteiger partial charge is 0.361 e. The van der Waals surface area contributed by atoms with Crippen LogP contribution in [0.15, 0.2) is 29.4 Å². The highest BCUT2D eigenvalue weighted by atomic mass is 35.5. The number of amides is 2. The van der Waals surface area contributed by atoms with Gasteiger partial charge in [-0.15, -0.1) is 0 Å². The first kappa shape index (κ1) is 11.2. The molecule has 0 aliphatic carbocycles. The Hall–Kier alpha value is -1.88. The molecule has 78 valence electrons. The zero-order chi connectivity index (χ0) is 11.3. The van der Waals surface area contributed by atoms with E-state index in [1.165, 1.54) is 6.21 Å². The standard InChI is InChI=1S/C9H8ClN3O2/c10-7-4-2-1-3-6(7)5-12-13-9(15)8(11)14/h1-5H,(H2,11,14)(H,13,15). The fraction of sp³-hybridized carbons (Fsp3) is 0. The van der Waals surface area contributed by atoms with Crippen LogP contribution in [0.2, 0.25) is 5.02 Å². The number of nitrogens with two attached hydrogens (primary N) is 1. The number of carbonyl (C=O) groups is 2. The smallest absolute Gasteiger partial charge is 0.329 e. The van der Waals surface area contributed by atoms with Crippen LogP contribution in [-0.4, -0.2) is 18.0 Å². The lowest BCUT2D eigenvalue weighted by molar-refractivity contribution is -0.137. The van der Waals surface area contributed by atoms with Crippen LogP contribution in [0.4, 0.5) is 0 Å². The van der Waals surface area contributed by atoms with Crippen molar-refractivity contribution in [1.29, 1.82) is 0 Å². The normalized spacial score (nSPS) is 10.2. The van der Waals surface area contributed by atoms with Crippen molar-refractivity contribution in [2.24, 2.45) is 10.8 Å². The third-order valence-electron chi connectivity index (χ3n) is 1.50. The lowest BCUT2D eigenvalue weighted by atomic mass is 10.2. The molecule has 0 saturated heterocycles. The van der Waals surface area contributed by atoms with E-state index < -0.39 is 11.8 Å². The molecule has 2 amide bonds. The minimum absolute atomic E-state index is 0.495. The second-order valence-corrected chi connectivity index (χ2v) is 2.99. The molecule has 1 aromatic carbocycles. The highest BCUT2D eigenvalue weighted by molar-refractivity contribution is 6.34. The summed E-state index contributed by atoms with van der Waals surface area (Å²) in [5.41, 5.74) is 7.28. The maximum atomic E-state index is 10.7. The number of benzene rings is 1. The summed E-state index contributed by atoms with van der Waals surface area (Å²) in [4.78, 5) is 21.0. The Kier molecular flexibility index (Phi) is 3.82. The second-order valence-electron chi connectivity index (χ2n) is 2.58. The summed E-state index contributed by atoms with van der Waals surface area (Å²) in [5, 5.41) is 4.01. The maximum absolute atomic E-state index is 10.7. The van der Waals surface area contributed by atoms with E-state index in [0.29, 0.717) is 10.6 Å². The van der Waals surface area contributed by atoms with Gasteiger partial charge in [0.1, 0.15) is 0 Å². The summed E-state index contributed by atoms with van der Waals surface area (Å²) in [6.45, 7) is 0. The average Bonchev–Trinajstić information content (AvgIpc) is 2.20. The van der Waals surface area contributed by atoms with E-state index in [-0.39, 0.29) is 0 Å². The number of nitrogens with zero attached hydrogens (tertiary/aromatic N) is 1. The molecule has 0 spiro atoms. The van der Waals surface area contributed by atoms with E-state index in [9.17, 15) is 9.59 Å². The molecule has 0 aliphatic heterocycles. The third kappa shape index (κ3) is 3.40. The van der Waals surface area contributed by atoms with Crippen LogP contribution in [0, 0.1) is 0 Å². The summed E-state index contributed by atoms with van der Waals surface area (Å²) in [7, 11) is 0. The lowest BCUT2D eigenvalue weighted by Gasteiger charge is -1.96. The number of nitrogens with one attached hydrogen (secondary N) is 1. The fourth-order valence-electron chi connectivity index (χ4n) is 0.795. The molecule has 0 aliphatic rings.